The standard InChI is InChI=1S/C8H4BrCl2NO2S/c9-7-1-2-8(15(11,13)14)5(3-10)6(7)4-12/h1-2H,3H2. The number of rotatable bonds is 2. The minimum Gasteiger partial charge on any atom is -0.207 e. The van der Waals surface area contributed by atoms with Crippen LogP contribution in [0.2, 0.25) is 0 Å². The summed E-state index contributed by atoms with van der Waals surface area (Å²) in [7, 11) is 1.33. The minimum absolute atomic E-state index is 0.0936. The molecule has 0 aliphatic carbocycles. The maximum Gasteiger partial charge on any atom is 0.261 e. The lowest BCUT2D eigenvalue weighted by molar-refractivity contribution is 0.609. The molecular weight excluding hydrogens is 325 g/mol. The first-order valence-electron chi connectivity index (χ1n) is 3.64. The van der Waals surface area contributed by atoms with Crippen molar-refractivity contribution in [3.63, 3.8) is 0 Å². The van der Waals surface area contributed by atoms with E-state index in [0.717, 1.165) is 0 Å². The lowest BCUT2D eigenvalue weighted by atomic mass is 10.1. The molecule has 0 fully saturated rings. The van der Waals surface area contributed by atoms with Crippen molar-refractivity contribution < 1.29 is 8.42 Å². The maximum atomic E-state index is 11.2. The maximum absolute atomic E-state index is 11.2. The fourth-order valence-corrected chi connectivity index (χ4v) is 3.03. The molecule has 0 saturated heterocycles. The SMILES string of the molecule is N#Cc1c(Br)ccc(S(=O)(=O)Cl)c1CCl. The Hall–Kier alpha value is -0.280. The molecule has 0 atom stereocenters. The smallest absolute Gasteiger partial charge is 0.207 e. The fraction of sp³-hybridized carbons (Fsp3) is 0.125. The molecule has 0 amide bonds. The summed E-state index contributed by atoms with van der Waals surface area (Å²) in [5.74, 6) is -0.0936. The van der Waals surface area contributed by atoms with Crippen LogP contribution in [0.1, 0.15) is 11.1 Å². The molecule has 3 nitrogen and oxygen atoms in total. The molecule has 0 spiro atoms. The van der Waals surface area contributed by atoms with Crippen molar-refractivity contribution >= 4 is 47.3 Å². The Balaban J connectivity index is 3.66. The van der Waals surface area contributed by atoms with Gasteiger partial charge in [0.15, 0.2) is 0 Å². The van der Waals surface area contributed by atoms with E-state index in [9.17, 15) is 8.42 Å². The number of hydrogen-bond acceptors (Lipinski definition) is 3. The van der Waals surface area contributed by atoms with Gasteiger partial charge in [-0.2, -0.15) is 5.26 Å². The van der Waals surface area contributed by atoms with E-state index in [0.29, 0.717) is 4.47 Å². The van der Waals surface area contributed by atoms with Crippen molar-refractivity contribution in [2.24, 2.45) is 0 Å². The monoisotopic (exact) mass is 327 g/mol. The third-order valence-corrected chi connectivity index (χ3v) is 4.06. The molecular formula is C8H4BrCl2NO2S. The van der Waals surface area contributed by atoms with Gasteiger partial charge in [0.1, 0.15) is 6.07 Å². The van der Waals surface area contributed by atoms with Crippen LogP contribution in [0.5, 0.6) is 0 Å². The van der Waals surface area contributed by atoms with Gasteiger partial charge in [0, 0.05) is 20.7 Å². The molecule has 0 aliphatic rings. The van der Waals surface area contributed by atoms with Crippen LogP contribution < -0.4 is 0 Å². The summed E-state index contributed by atoms with van der Waals surface area (Å²) in [6, 6.07) is 4.63. The second-order valence-corrected chi connectivity index (χ2v) is 6.24. The average Bonchev–Trinajstić information content (AvgIpc) is 2.15. The van der Waals surface area contributed by atoms with Gasteiger partial charge in [-0.25, -0.2) is 8.42 Å². The average molecular weight is 329 g/mol. The van der Waals surface area contributed by atoms with Crippen LogP contribution in [0.4, 0.5) is 0 Å². The van der Waals surface area contributed by atoms with Crippen molar-refractivity contribution in [2.75, 3.05) is 0 Å². The molecule has 0 radical (unpaired) electrons. The van der Waals surface area contributed by atoms with E-state index >= 15 is 0 Å². The Kier molecular flexibility index (Phi) is 4.01. The van der Waals surface area contributed by atoms with Gasteiger partial charge >= 0.3 is 0 Å². The third-order valence-electron chi connectivity index (χ3n) is 1.73. The summed E-state index contributed by atoms with van der Waals surface area (Å²) in [4.78, 5) is -0.126. The van der Waals surface area contributed by atoms with Gasteiger partial charge in [0.05, 0.1) is 16.3 Å². The summed E-state index contributed by atoms with van der Waals surface area (Å²) in [6.07, 6.45) is 0. The highest BCUT2D eigenvalue weighted by Crippen LogP contribution is 2.29. The van der Waals surface area contributed by atoms with Gasteiger partial charge in [-0.15, -0.1) is 11.6 Å². The first-order chi connectivity index (χ1) is 6.91. The molecule has 0 bridgehead atoms. The lowest BCUT2D eigenvalue weighted by Crippen LogP contribution is -2.00. The van der Waals surface area contributed by atoms with Crippen molar-refractivity contribution in [1.82, 2.24) is 0 Å². The van der Waals surface area contributed by atoms with E-state index in [-0.39, 0.29) is 21.9 Å². The molecule has 0 N–H and O–H groups in total. The van der Waals surface area contributed by atoms with Gasteiger partial charge in [0.2, 0.25) is 0 Å². The first kappa shape index (κ1) is 12.8. The number of hydrogen-bond donors (Lipinski definition) is 0. The molecule has 0 saturated carbocycles. The molecule has 1 aromatic rings. The van der Waals surface area contributed by atoms with Crippen molar-refractivity contribution in [3.05, 3.63) is 27.7 Å². The lowest BCUT2D eigenvalue weighted by Gasteiger charge is -2.06. The predicted molar refractivity (Wildman–Crippen MR) is 61.5 cm³/mol. The molecule has 7 heteroatoms. The van der Waals surface area contributed by atoms with E-state index in [1.54, 1.807) is 0 Å². The second kappa shape index (κ2) is 4.71. The van der Waals surface area contributed by atoms with Crippen LogP contribution >= 0.6 is 38.2 Å². The minimum atomic E-state index is -3.88. The van der Waals surface area contributed by atoms with Gasteiger partial charge in [0.25, 0.3) is 9.05 Å². The van der Waals surface area contributed by atoms with E-state index in [1.807, 2.05) is 6.07 Å². The predicted octanol–water partition coefficient (Wildman–Crippen LogP) is 2.99. The van der Waals surface area contributed by atoms with Crippen LogP contribution in [0.3, 0.4) is 0 Å². The molecule has 1 rings (SSSR count). The molecule has 0 heterocycles. The Morgan fingerprint density at radius 2 is 2.07 bits per heavy atom. The number of alkyl halides is 1. The van der Waals surface area contributed by atoms with Gasteiger partial charge in [-0.1, -0.05) is 0 Å². The molecule has 1 aromatic carbocycles. The summed E-state index contributed by atoms with van der Waals surface area (Å²) >= 11 is 8.73. The molecule has 0 aromatic heterocycles. The highest BCUT2D eigenvalue weighted by Gasteiger charge is 2.19. The Morgan fingerprint density at radius 1 is 1.47 bits per heavy atom. The van der Waals surface area contributed by atoms with Crippen LogP contribution in [0.25, 0.3) is 0 Å². The molecule has 80 valence electrons. The zero-order valence-electron chi connectivity index (χ0n) is 7.17. The van der Waals surface area contributed by atoms with Gasteiger partial charge in [-0.3, -0.25) is 0 Å². The third kappa shape index (κ3) is 2.64. The van der Waals surface area contributed by atoms with Crippen molar-refractivity contribution in [3.8, 4) is 6.07 Å². The van der Waals surface area contributed by atoms with Crippen LogP contribution in [0, 0.1) is 11.3 Å². The number of halogens is 3. The fourth-order valence-electron chi connectivity index (χ4n) is 1.08. The summed E-state index contributed by atoms with van der Waals surface area (Å²) in [6.45, 7) is 0. The van der Waals surface area contributed by atoms with Gasteiger partial charge in [-0.05, 0) is 28.1 Å². The summed E-state index contributed by atoms with van der Waals surface area (Å²) in [5, 5.41) is 8.84. The van der Waals surface area contributed by atoms with E-state index in [4.69, 9.17) is 27.5 Å². The second-order valence-electron chi connectivity index (χ2n) is 2.58. The molecule has 15 heavy (non-hydrogen) atoms. The molecule has 0 unspecified atom stereocenters. The van der Waals surface area contributed by atoms with E-state index in [1.165, 1.54) is 12.1 Å². The first-order valence-corrected chi connectivity index (χ1v) is 7.27. The van der Waals surface area contributed by atoms with Crippen molar-refractivity contribution in [2.45, 2.75) is 10.8 Å². The van der Waals surface area contributed by atoms with Gasteiger partial charge < -0.3 is 0 Å². The largest absolute Gasteiger partial charge is 0.261 e. The zero-order valence-corrected chi connectivity index (χ0v) is 11.1. The quantitative estimate of drug-likeness (QED) is 0.619. The van der Waals surface area contributed by atoms with E-state index < -0.39 is 9.05 Å². The van der Waals surface area contributed by atoms with Crippen molar-refractivity contribution in [1.29, 1.82) is 5.26 Å². The Morgan fingerprint density at radius 3 is 2.47 bits per heavy atom. The Labute approximate surface area is 105 Å². The molecule has 0 aliphatic heterocycles. The number of nitriles is 1. The zero-order chi connectivity index (χ0) is 11.6. The normalized spacial score (nSPS) is 11.1. The number of benzene rings is 1. The highest BCUT2D eigenvalue weighted by molar-refractivity contribution is 9.10. The van der Waals surface area contributed by atoms with Crippen LogP contribution in [0.15, 0.2) is 21.5 Å². The Bertz CT molecular complexity index is 536. The highest BCUT2D eigenvalue weighted by atomic mass is 79.9. The summed E-state index contributed by atoms with van der Waals surface area (Å²) in [5.41, 5.74) is 0.398. The summed E-state index contributed by atoms with van der Waals surface area (Å²) < 4.78 is 22.8. The number of nitrogens with zero attached hydrogens (tertiary/aromatic N) is 1. The van der Waals surface area contributed by atoms with Crippen LogP contribution in [-0.2, 0) is 14.9 Å². The topological polar surface area (TPSA) is 57.9 Å². The van der Waals surface area contributed by atoms with E-state index in [2.05, 4.69) is 15.9 Å². The van der Waals surface area contributed by atoms with Crippen LogP contribution in [-0.4, -0.2) is 8.42 Å².